The molecule has 1 aliphatic rings. The lowest BCUT2D eigenvalue weighted by molar-refractivity contribution is -0.116. The summed E-state index contributed by atoms with van der Waals surface area (Å²) in [5, 5.41) is 0. The summed E-state index contributed by atoms with van der Waals surface area (Å²) in [6, 6.07) is 9.37. The molecule has 8 nitrogen and oxygen atoms in total. The first-order chi connectivity index (χ1) is 12.8. The molecule has 4 rings (SSSR count). The lowest BCUT2D eigenvalue weighted by Gasteiger charge is -2.15. The predicted molar refractivity (Wildman–Crippen MR) is 100 cm³/mol. The third kappa shape index (κ3) is 2.89. The van der Waals surface area contributed by atoms with Crippen molar-refractivity contribution >= 4 is 38.4 Å². The van der Waals surface area contributed by atoms with E-state index in [1.165, 1.54) is 29.7 Å². The molecule has 1 aliphatic heterocycles. The number of anilines is 2. The lowest BCUT2D eigenvalue weighted by atomic mass is 10.1. The Bertz CT molecular complexity index is 1240. The fourth-order valence-electron chi connectivity index (χ4n) is 3.29. The topological polar surface area (TPSA) is 102 Å². The minimum Gasteiger partial charge on any atom is -0.408 e. The van der Waals surface area contributed by atoms with Crippen molar-refractivity contribution in [2.75, 3.05) is 16.2 Å². The highest BCUT2D eigenvalue weighted by Crippen LogP contribution is 2.31. The molecular formula is C18H17N3O5S. The average Bonchev–Trinajstić information content (AvgIpc) is 3.15. The molecule has 1 amide bonds. The molecule has 0 aliphatic carbocycles. The molecule has 0 spiro atoms. The highest BCUT2D eigenvalue weighted by Gasteiger charge is 2.23. The van der Waals surface area contributed by atoms with Gasteiger partial charge >= 0.3 is 5.76 Å². The van der Waals surface area contributed by atoms with Gasteiger partial charge in [-0.15, -0.1) is 0 Å². The maximum atomic E-state index is 12.7. The fraction of sp³-hybridized carbons (Fsp3) is 0.222. The molecule has 0 radical (unpaired) electrons. The van der Waals surface area contributed by atoms with E-state index >= 15 is 0 Å². The van der Waals surface area contributed by atoms with Crippen molar-refractivity contribution < 1.29 is 17.6 Å². The molecule has 0 saturated carbocycles. The minimum atomic E-state index is -3.86. The van der Waals surface area contributed by atoms with Crippen LogP contribution in [0.1, 0.15) is 12.5 Å². The van der Waals surface area contributed by atoms with Crippen molar-refractivity contribution in [1.29, 1.82) is 0 Å². The molecule has 1 N–H and O–H groups in total. The number of sulfonamides is 1. The van der Waals surface area contributed by atoms with Gasteiger partial charge in [-0.1, -0.05) is 0 Å². The number of hydrogen-bond donors (Lipinski definition) is 1. The Morgan fingerprint density at radius 2 is 1.96 bits per heavy atom. The van der Waals surface area contributed by atoms with Crippen LogP contribution in [0.3, 0.4) is 0 Å². The first-order valence-electron chi connectivity index (χ1n) is 8.30. The van der Waals surface area contributed by atoms with E-state index in [9.17, 15) is 18.0 Å². The largest absolute Gasteiger partial charge is 0.419 e. The number of carbonyl (C=O) groups is 1. The fourth-order valence-corrected chi connectivity index (χ4v) is 4.35. The molecule has 140 valence electrons. The van der Waals surface area contributed by atoms with Crippen LogP contribution < -0.4 is 15.4 Å². The third-order valence-electron chi connectivity index (χ3n) is 4.68. The van der Waals surface area contributed by atoms with Gasteiger partial charge in [0.2, 0.25) is 5.91 Å². The SMILES string of the molecule is CC(=O)N1CCc2cc(NS(=O)(=O)c3ccc4c(c3)oc(=O)n4C)ccc21. The Kier molecular flexibility index (Phi) is 3.84. The standard InChI is InChI=1S/C18H17N3O5S/c1-11(22)21-8-7-12-9-13(3-5-15(12)21)19-27(24,25)14-4-6-16-17(10-14)26-18(23)20(16)2/h3-6,9-10,19H,7-8H2,1-2H3. The molecule has 27 heavy (non-hydrogen) atoms. The van der Waals surface area contributed by atoms with Gasteiger partial charge in [-0.25, -0.2) is 13.2 Å². The number of aromatic nitrogens is 1. The molecule has 0 saturated heterocycles. The average molecular weight is 387 g/mol. The zero-order chi connectivity index (χ0) is 19.3. The Labute approximate surface area is 155 Å². The number of aryl methyl sites for hydroxylation is 1. The van der Waals surface area contributed by atoms with Crippen molar-refractivity contribution in [3.8, 4) is 0 Å². The van der Waals surface area contributed by atoms with E-state index in [-0.39, 0.29) is 16.4 Å². The van der Waals surface area contributed by atoms with Crippen LogP contribution in [0.2, 0.25) is 0 Å². The molecule has 0 atom stereocenters. The molecule has 3 aromatic rings. The molecule has 1 aromatic heterocycles. The molecule has 9 heteroatoms. The summed E-state index contributed by atoms with van der Waals surface area (Å²) in [5.41, 5.74) is 2.85. The second-order valence-corrected chi connectivity index (χ2v) is 8.11. The van der Waals surface area contributed by atoms with Crippen LogP contribution in [-0.2, 0) is 28.3 Å². The molecule has 2 aromatic carbocycles. The maximum Gasteiger partial charge on any atom is 0.419 e. The molecule has 0 unspecified atom stereocenters. The van der Waals surface area contributed by atoms with Crippen LogP contribution in [0, 0.1) is 0 Å². The van der Waals surface area contributed by atoms with Gasteiger partial charge < -0.3 is 9.32 Å². The van der Waals surface area contributed by atoms with E-state index in [0.29, 0.717) is 24.2 Å². The normalized spacial score (nSPS) is 13.8. The number of amides is 1. The van der Waals surface area contributed by atoms with Crippen molar-refractivity contribution in [2.24, 2.45) is 7.05 Å². The Balaban J connectivity index is 1.66. The monoisotopic (exact) mass is 387 g/mol. The van der Waals surface area contributed by atoms with Gasteiger partial charge in [0.05, 0.1) is 10.4 Å². The van der Waals surface area contributed by atoms with Gasteiger partial charge in [0.25, 0.3) is 10.0 Å². The van der Waals surface area contributed by atoms with Crippen LogP contribution >= 0.6 is 0 Å². The Morgan fingerprint density at radius 1 is 1.19 bits per heavy atom. The van der Waals surface area contributed by atoms with Crippen molar-refractivity contribution in [3.63, 3.8) is 0 Å². The third-order valence-corrected chi connectivity index (χ3v) is 6.06. The summed E-state index contributed by atoms with van der Waals surface area (Å²) in [4.78, 5) is 24.9. The number of nitrogens with one attached hydrogen (secondary N) is 1. The van der Waals surface area contributed by atoms with Gasteiger partial charge in [0, 0.05) is 38.0 Å². The zero-order valence-electron chi connectivity index (χ0n) is 14.7. The number of benzene rings is 2. The summed E-state index contributed by atoms with van der Waals surface area (Å²) in [7, 11) is -2.31. The van der Waals surface area contributed by atoms with Gasteiger partial charge in [-0.05, 0) is 42.3 Å². The van der Waals surface area contributed by atoms with Gasteiger partial charge in [-0.3, -0.25) is 14.1 Å². The second-order valence-electron chi connectivity index (χ2n) is 6.43. The van der Waals surface area contributed by atoms with Gasteiger partial charge in [0.1, 0.15) is 0 Å². The van der Waals surface area contributed by atoms with Crippen LogP contribution in [-0.4, -0.2) is 25.4 Å². The summed E-state index contributed by atoms with van der Waals surface area (Å²) >= 11 is 0. The first kappa shape index (κ1) is 17.3. The van der Waals surface area contributed by atoms with E-state index in [1.54, 1.807) is 30.1 Å². The number of carbonyl (C=O) groups excluding carboxylic acids is 1. The van der Waals surface area contributed by atoms with E-state index in [0.717, 1.165) is 11.3 Å². The Hall–Kier alpha value is -3.07. The van der Waals surface area contributed by atoms with Crippen LogP contribution in [0.15, 0.2) is 50.5 Å². The predicted octanol–water partition coefficient (Wildman–Crippen LogP) is 1.84. The number of nitrogens with zero attached hydrogens (tertiary/aromatic N) is 2. The maximum absolute atomic E-state index is 12.7. The van der Waals surface area contributed by atoms with E-state index in [2.05, 4.69) is 4.72 Å². The first-order valence-corrected chi connectivity index (χ1v) is 9.78. The van der Waals surface area contributed by atoms with E-state index in [1.807, 2.05) is 0 Å². The second kappa shape index (κ2) is 5.98. The van der Waals surface area contributed by atoms with E-state index in [4.69, 9.17) is 4.42 Å². The number of rotatable bonds is 3. The minimum absolute atomic E-state index is 0.00443. The van der Waals surface area contributed by atoms with Crippen LogP contribution in [0.5, 0.6) is 0 Å². The van der Waals surface area contributed by atoms with Gasteiger partial charge in [0.15, 0.2) is 5.58 Å². The van der Waals surface area contributed by atoms with Crippen molar-refractivity contribution in [3.05, 3.63) is 52.5 Å². The molecule has 0 fully saturated rings. The summed E-state index contributed by atoms with van der Waals surface area (Å²) in [6.45, 7) is 2.09. The van der Waals surface area contributed by atoms with Crippen LogP contribution in [0.4, 0.5) is 11.4 Å². The molecule has 0 bridgehead atoms. The highest BCUT2D eigenvalue weighted by molar-refractivity contribution is 7.92. The van der Waals surface area contributed by atoms with Crippen molar-refractivity contribution in [1.82, 2.24) is 4.57 Å². The van der Waals surface area contributed by atoms with Crippen LogP contribution in [0.25, 0.3) is 11.1 Å². The van der Waals surface area contributed by atoms with Gasteiger partial charge in [-0.2, -0.15) is 0 Å². The summed E-state index contributed by atoms with van der Waals surface area (Å²) in [5.74, 6) is -0.596. The number of hydrogen-bond acceptors (Lipinski definition) is 5. The number of fused-ring (bicyclic) bond motifs is 2. The summed E-state index contributed by atoms with van der Waals surface area (Å²) in [6.07, 6.45) is 0.672. The molecule has 2 heterocycles. The quantitative estimate of drug-likeness (QED) is 0.739. The number of oxazole rings is 1. The summed E-state index contributed by atoms with van der Waals surface area (Å²) < 4.78 is 34.3. The Morgan fingerprint density at radius 3 is 2.70 bits per heavy atom. The molecular weight excluding hydrogens is 370 g/mol. The zero-order valence-corrected chi connectivity index (χ0v) is 15.5. The van der Waals surface area contributed by atoms with Crippen molar-refractivity contribution in [2.45, 2.75) is 18.2 Å². The smallest absolute Gasteiger partial charge is 0.408 e. The highest BCUT2D eigenvalue weighted by atomic mass is 32.2. The lowest BCUT2D eigenvalue weighted by Crippen LogP contribution is -2.25. The van der Waals surface area contributed by atoms with E-state index < -0.39 is 15.8 Å².